The van der Waals surface area contributed by atoms with Gasteiger partial charge in [0.25, 0.3) is 11.5 Å². The van der Waals surface area contributed by atoms with Crippen LogP contribution in [0.5, 0.6) is 0 Å². The fraction of sp³-hybridized carbons (Fsp3) is 0.379. The third-order valence-corrected chi connectivity index (χ3v) is 6.21. The van der Waals surface area contributed by atoms with Crippen molar-refractivity contribution in [3.63, 3.8) is 0 Å². The van der Waals surface area contributed by atoms with Crippen LogP contribution in [0.25, 0.3) is 0 Å². The SMILES string of the molecule is CCOC(=O)C=CCCC(NC(=O)c1ccccc1)C(=O)Nc1cccn(CC(=O)N[C@H](C(=O)O)[C@H](C)CC)c1=O. The Morgan fingerprint density at radius 1 is 1.02 bits per heavy atom. The number of pyridine rings is 1. The van der Waals surface area contributed by atoms with Crippen molar-refractivity contribution in [2.75, 3.05) is 11.9 Å². The Labute approximate surface area is 237 Å². The molecule has 0 aliphatic heterocycles. The van der Waals surface area contributed by atoms with E-state index in [1.165, 1.54) is 30.5 Å². The van der Waals surface area contributed by atoms with E-state index in [4.69, 9.17) is 4.74 Å². The number of carbonyl (C=O) groups excluding carboxylic acids is 4. The van der Waals surface area contributed by atoms with E-state index in [0.717, 1.165) is 4.57 Å². The Hall–Kier alpha value is -4.74. The lowest BCUT2D eigenvalue weighted by molar-refractivity contribution is -0.143. The zero-order chi connectivity index (χ0) is 30.4. The monoisotopic (exact) mass is 568 g/mol. The molecule has 220 valence electrons. The summed E-state index contributed by atoms with van der Waals surface area (Å²) >= 11 is 0. The zero-order valence-corrected chi connectivity index (χ0v) is 23.3. The van der Waals surface area contributed by atoms with E-state index in [9.17, 15) is 33.9 Å². The van der Waals surface area contributed by atoms with Crippen LogP contribution in [-0.2, 0) is 30.5 Å². The number of carboxylic acid groups (broad SMARTS) is 1. The number of allylic oxidation sites excluding steroid dienone is 1. The quantitative estimate of drug-likeness (QED) is 0.187. The normalized spacial score (nSPS) is 13.0. The predicted molar refractivity (Wildman–Crippen MR) is 151 cm³/mol. The molecule has 0 fully saturated rings. The summed E-state index contributed by atoms with van der Waals surface area (Å²) in [5, 5.41) is 17.0. The van der Waals surface area contributed by atoms with Crippen LogP contribution in [0.2, 0.25) is 0 Å². The Morgan fingerprint density at radius 2 is 1.73 bits per heavy atom. The maximum atomic E-state index is 13.2. The van der Waals surface area contributed by atoms with Crippen molar-refractivity contribution in [1.82, 2.24) is 15.2 Å². The highest BCUT2D eigenvalue weighted by Crippen LogP contribution is 2.09. The molecule has 12 heteroatoms. The number of hydrogen-bond acceptors (Lipinski definition) is 7. The number of amides is 3. The molecule has 0 bridgehead atoms. The summed E-state index contributed by atoms with van der Waals surface area (Å²) in [5.41, 5.74) is -0.498. The van der Waals surface area contributed by atoms with Gasteiger partial charge >= 0.3 is 11.9 Å². The molecular weight excluding hydrogens is 532 g/mol. The van der Waals surface area contributed by atoms with Crippen LogP contribution in [0.4, 0.5) is 5.69 Å². The molecule has 0 radical (unpaired) electrons. The van der Waals surface area contributed by atoms with Gasteiger partial charge in [-0.2, -0.15) is 0 Å². The maximum Gasteiger partial charge on any atom is 0.330 e. The highest BCUT2D eigenvalue weighted by Gasteiger charge is 2.26. The zero-order valence-electron chi connectivity index (χ0n) is 23.3. The molecule has 4 N–H and O–H groups in total. The van der Waals surface area contributed by atoms with Gasteiger partial charge in [-0.25, -0.2) is 9.59 Å². The van der Waals surface area contributed by atoms with Crippen molar-refractivity contribution in [1.29, 1.82) is 0 Å². The first-order valence-corrected chi connectivity index (χ1v) is 13.3. The van der Waals surface area contributed by atoms with Crippen LogP contribution in [0, 0.1) is 5.92 Å². The molecule has 1 unspecified atom stereocenters. The number of nitrogens with one attached hydrogen (secondary N) is 3. The molecule has 1 aromatic heterocycles. The van der Waals surface area contributed by atoms with Crippen LogP contribution in [0.3, 0.4) is 0 Å². The van der Waals surface area contributed by atoms with E-state index in [1.54, 1.807) is 51.1 Å². The number of carboxylic acids is 1. The molecule has 0 spiro atoms. The second kappa shape index (κ2) is 16.4. The molecule has 1 heterocycles. The minimum absolute atomic E-state index is 0.107. The number of ether oxygens (including phenoxy) is 1. The van der Waals surface area contributed by atoms with Gasteiger partial charge in [-0.3, -0.25) is 19.2 Å². The average Bonchev–Trinajstić information content (AvgIpc) is 2.95. The van der Waals surface area contributed by atoms with Gasteiger partial charge in [0.15, 0.2) is 0 Å². The lowest BCUT2D eigenvalue weighted by Gasteiger charge is -2.20. The minimum atomic E-state index is -1.18. The molecule has 0 saturated heterocycles. The summed E-state index contributed by atoms with van der Waals surface area (Å²) in [5.74, 6) is -3.90. The average molecular weight is 569 g/mol. The number of carbonyl (C=O) groups is 5. The summed E-state index contributed by atoms with van der Waals surface area (Å²) in [6.07, 6.45) is 4.96. The van der Waals surface area contributed by atoms with Gasteiger partial charge in [0.1, 0.15) is 24.3 Å². The molecule has 3 atom stereocenters. The second-order valence-electron chi connectivity index (χ2n) is 9.24. The molecule has 0 saturated carbocycles. The van der Waals surface area contributed by atoms with Crippen molar-refractivity contribution in [3.8, 4) is 0 Å². The van der Waals surface area contributed by atoms with E-state index in [1.807, 2.05) is 0 Å². The Morgan fingerprint density at radius 3 is 2.37 bits per heavy atom. The third-order valence-electron chi connectivity index (χ3n) is 6.21. The van der Waals surface area contributed by atoms with Crippen molar-refractivity contribution in [2.45, 2.75) is 58.7 Å². The number of esters is 1. The van der Waals surface area contributed by atoms with Crippen LogP contribution < -0.4 is 21.5 Å². The number of nitrogens with zero attached hydrogens (tertiary/aromatic N) is 1. The van der Waals surface area contributed by atoms with Crippen LogP contribution in [-0.4, -0.2) is 58.0 Å². The van der Waals surface area contributed by atoms with Crippen molar-refractivity contribution in [3.05, 3.63) is 76.7 Å². The van der Waals surface area contributed by atoms with E-state index < -0.39 is 53.8 Å². The fourth-order valence-electron chi connectivity index (χ4n) is 3.77. The largest absolute Gasteiger partial charge is 0.480 e. The number of benzene rings is 1. The van der Waals surface area contributed by atoms with Crippen molar-refractivity contribution in [2.24, 2.45) is 5.92 Å². The van der Waals surface area contributed by atoms with E-state index in [0.29, 0.717) is 12.0 Å². The molecule has 2 rings (SSSR count). The lowest BCUT2D eigenvalue weighted by atomic mass is 9.99. The standard InChI is InChI=1S/C29H36N4O8/c1-4-19(3)25(29(39)40)32-23(34)18-33-17-11-15-22(28(33)38)31-27(37)21(14-9-10-16-24(35)41-5-2)30-26(36)20-12-7-6-8-13-20/h6-8,10-13,15-17,19,21,25H,4-5,9,14,18H2,1-3H3,(H,30,36)(H,31,37)(H,32,34)(H,39,40)/t19-,21?,25+/m1/s1. The Bertz CT molecular complexity index is 1310. The summed E-state index contributed by atoms with van der Waals surface area (Å²) in [7, 11) is 0. The predicted octanol–water partition coefficient (Wildman–Crippen LogP) is 2.10. The first-order valence-electron chi connectivity index (χ1n) is 13.3. The van der Waals surface area contributed by atoms with Crippen LogP contribution in [0.1, 0.15) is 50.4 Å². The summed E-state index contributed by atoms with van der Waals surface area (Å²) < 4.78 is 5.87. The molecule has 12 nitrogen and oxygen atoms in total. The van der Waals surface area contributed by atoms with Gasteiger partial charge in [-0.05, 0) is 49.9 Å². The lowest BCUT2D eigenvalue weighted by Crippen LogP contribution is -2.47. The Balaban J connectivity index is 2.18. The number of aromatic nitrogens is 1. The van der Waals surface area contributed by atoms with Gasteiger partial charge in [0.05, 0.1) is 6.61 Å². The summed E-state index contributed by atoms with van der Waals surface area (Å²) in [6, 6.07) is 8.89. The highest BCUT2D eigenvalue weighted by atomic mass is 16.5. The van der Waals surface area contributed by atoms with Gasteiger partial charge in [-0.1, -0.05) is 44.5 Å². The topological polar surface area (TPSA) is 173 Å². The van der Waals surface area contributed by atoms with Gasteiger partial charge in [-0.15, -0.1) is 0 Å². The minimum Gasteiger partial charge on any atom is -0.480 e. The number of aliphatic carboxylic acids is 1. The Kier molecular flexibility index (Phi) is 13.0. The van der Waals surface area contributed by atoms with Gasteiger partial charge in [0, 0.05) is 17.8 Å². The van der Waals surface area contributed by atoms with Crippen LogP contribution >= 0.6 is 0 Å². The molecule has 0 aliphatic carbocycles. The number of hydrogen-bond donors (Lipinski definition) is 4. The molecule has 1 aromatic carbocycles. The van der Waals surface area contributed by atoms with E-state index in [-0.39, 0.29) is 31.1 Å². The van der Waals surface area contributed by atoms with E-state index >= 15 is 0 Å². The van der Waals surface area contributed by atoms with Gasteiger partial charge in [0.2, 0.25) is 11.8 Å². The first-order chi connectivity index (χ1) is 19.6. The number of rotatable bonds is 15. The molecule has 2 aromatic rings. The molecular formula is C29H36N4O8. The maximum absolute atomic E-state index is 13.2. The van der Waals surface area contributed by atoms with E-state index in [2.05, 4.69) is 16.0 Å². The third kappa shape index (κ3) is 10.4. The summed E-state index contributed by atoms with van der Waals surface area (Å²) in [6.45, 7) is 4.93. The summed E-state index contributed by atoms with van der Waals surface area (Å²) in [4.78, 5) is 74.6. The highest BCUT2D eigenvalue weighted by molar-refractivity contribution is 6.01. The van der Waals surface area contributed by atoms with Gasteiger partial charge < -0.3 is 30.4 Å². The first kappa shape index (κ1) is 32.5. The fourth-order valence-corrected chi connectivity index (χ4v) is 3.77. The van der Waals surface area contributed by atoms with Crippen molar-refractivity contribution < 1.29 is 33.8 Å². The molecule has 41 heavy (non-hydrogen) atoms. The number of anilines is 1. The molecule has 3 amide bonds. The second-order valence-corrected chi connectivity index (χ2v) is 9.24. The van der Waals surface area contributed by atoms with Crippen molar-refractivity contribution >= 4 is 35.3 Å². The smallest absolute Gasteiger partial charge is 0.330 e. The molecule has 0 aliphatic rings. The van der Waals surface area contributed by atoms with Crippen LogP contribution in [0.15, 0.2) is 65.6 Å².